The average Bonchev–Trinajstić information content (AvgIpc) is 2.81. The van der Waals surface area contributed by atoms with Gasteiger partial charge in [0.1, 0.15) is 11.6 Å². The van der Waals surface area contributed by atoms with Gasteiger partial charge in [0.15, 0.2) is 0 Å². The maximum atomic E-state index is 10.2. The topological polar surface area (TPSA) is 87.7 Å². The summed E-state index contributed by atoms with van der Waals surface area (Å²) in [6, 6.07) is 12.1. The van der Waals surface area contributed by atoms with E-state index < -0.39 is 0 Å². The lowest BCUT2D eigenvalue weighted by molar-refractivity contribution is 0.200. The second-order valence-corrected chi connectivity index (χ2v) is 8.78. The number of hydrogen-bond donors (Lipinski definition) is 2. The van der Waals surface area contributed by atoms with E-state index in [9.17, 15) is 5.11 Å². The summed E-state index contributed by atoms with van der Waals surface area (Å²) in [5.74, 6) is 0.783. The molecule has 7 nitrogen and oxygen atoms in total. The Morgan fingerprint density at radius 2 is 1.88 bits per heavy atom. The molecule has 32 heavy (non-hydrogen) atoms. The number of piperidine rings is 1. The molecule has 3 N–H and O–H groups in total. The molecule has 0 unspecified atom stereocenters. The molecule has 0 saturated carbocycles. The standard InChI is InChI=1S/C25H31N5O2/c26-24-21-9-13-30(23-16-19(31)15-18-7-2-3-8-20(18)23)17-22(21)27-25(28-24)32-14-6-12-29-10-4-1-5-11-29/h2-3,7-8,15-16,31H,1,4-6,9-14,17H2,(H2,26,27,28). The lowest BCUT2D eigenvalue weighted by Crippen LogP contribution is -2.32. The number of rotatable bonds is 6. The van der Waals surface area contributed by atoms with Gasteiger partial charge in [0.05, 0.1) is 18.8 Å². The summed E-state index contributed by atoms with van der Waals surface area (Å²) in [5.41, 5.74) is 9.18. The van der Waals surface area contributed by atoms with Gasteiger partial charge in [-0.05, 0) is 50.2 Å². The number of hydrogen-bond acceptors (Lipinski definition) is 7. The van der Waals surface area contributed by atoms with Crippen molar-refractivity contribution in [1.29, 1.82) is 0 Å². The van der Waals surface area contributed by atoms with Crippen LogP contribution in [0.4, 0.5) is 11.5 Å². The van der Waals surface area contributed by atoms with Gasteiger partial charge in [0.25, 0.3) is 0 Å². The highest BCUT2D eigenvalue weighted by atomic mass is 16.5. The molecule has 0 bridgehead atoms. The number of anilines is 2. The number of likely N-dealkylation sites (tertiary alicyclic amines) is 1. The zero-order chi connectivity index (χ0) is 21.9. The van der Waals surface area contributed by atoms with Crippen molar-refractivity contribution in [2.75, 3.05) is 43.4 Å². The highest BCUT2D eigenvalue weighted by Gasteiger charge is 2.23. The minimum Gasteiger partial charge on any atom is -0.508 e. The second kappa shape index (κ2) is 9.20. The highest BCUT2D eigenvalue weighted by Crippen LogP contribution is 2.35. The van der Waals surface area contributed by atoms with Crippen LogP contribution < -0.4 is 15.4 Å². The predicted octanol–water partition coefficient (Wildman–Crippen LogP) is 3.74. The van der Waals surface area contributed by atoms with E-state index in [1.54, 1.807) is 6.07 Å². The Labute approximate surface area is 188 Å². The number of nitrogen functional groups attached to an aromatic ring is 1. The van der Waals surface area contributed by atoms with Crippen LogP contribution in [0.2, 0.25) is 0 Å². The fourth-order valence-electron chi connectivity index (χ4n) is 4.88. The number of nitrogens with two attached hydrogens (primary N) is 1. The van der Waals surface area contributed by atoms with E-state index in [0.717, 1.165) is 53.6 Å². The molecule has 0 radical (unpaired) electrons. The molecule has 2 aromatic carbocycles. The van der Waals surface area contributed by atoms with Crippen LogP contribution in [-0.4, -0.2) is 52.8 Å². The number of aromatic hydroxyl groups is 1. The Bertz CT molecular complexity index is 1100. The number of phenolic OH excluding ortho intramolecular Hbond substituents is 1. The van der Waals surface area contributed by atoms with Gasteiger partial charge in [-0.25, -0.2) is 0 Å². The van der Waals surface area contributed by atoms with Crippen molar-refractivity contribution in [3.8, 4) is 11.8 Å². The monoisotopic (exact) mass is 433 g/mol. The zero-order valence-corrected chi connectivity index (χ0v) is 18.5. The van der Waals surface area contributed by atoms with E-state index in [1.165, 1.54) is 32.4 Å². The third-order valence-electron chi connectivity index (χ3n) is 6.54. The molecule has 7 heteroatoms. The van der Waals surface area contributed by atoms with E-state index in [-0.39, 0.29) is 5.75 Å². The Balaban J connectivity index is 1.29. The van der Waals surface area contributed by atoms with E-state index in [1.807, 2.05) is 24.3 Å². The van der Waals surface area contributed by atoms with Crippen LogP contribution in [0, 0.1) is 0 Å². The van der Waals surface area contributed by atoms with Crippen LogP contribution in [0.3, 0.4) is 0 Å². The van der Waals surface area contributed by atoms with Gasteiger partial charge in [0.2, 0.25) is 0 Å². The summed E-state index contributed by atoms with van der Waals surface area (Å²) in [7, 11) is 0. The molecular weight excluding hydrogens is 402 g/mol. The van der Waals surface area contributed by atoms with Crippen LogP contribution in [0.5, 0.6) is 11.8 Å². The number of nitrogens with zero attached hydrogens (tertiary/aromatic N) is 4. The molecule has 0 atom stereocenters. The highest BCUT2D eigenvalue weighted by molar-refractivity contribution is 5.95. The summed E-state index contributed by atoms with van der Waals surface area (Å²) in [4.78, 5) is 13.9. The zero-order valence-electron chi connectivity index (χ0n) is 18.5. The summed E-state index contributed by atoms with van der Waals surface area (Å²) in [6.07, 6.45) is 5.68. The molecule has 5 rings (SSSR count). The number of phenols is 1. The van der Waals surface area contributed by atoms with Gasteiger partial charge in [-0.1, -0.05) is 30.7 Å². The Morgan fingerprint density at radius 1 is 1.03 bits per heavy atom. The second-order valence-electron chi connectivity index (χ2n) is 8.78. The Hall–Kier alpha value is -3.06. The molecule has 1 fully saturated rings. The van der Waals surface area contributed by atoms with Crippen molar-refractivity contribution in [3.05, 3.63) is 47.7 Å². The van der Waals surface area contributed by atoms with E-state index >= 15 is 0 Å². The van der Waals surface area contributed by atoms with Crippen molar-refractivity contribution in [3.63, 3.8) is 0 Å². The molecular formula is C25H31N5O2. The summed E-state index contributed by atoms with van der Waals surface area (Å²) in [6.45, 7) is 5.45. The van der Waals surface area contributed by atoms with Crippen molar-refractivity contribution >= 4 is 22.3 Å². The molecule has 168 valence electrons. The minimum atomic E-state index is 0.268. The van der Waals surface area contributed by atoms with Crippen molar-refractivity contribution in [1.82, 2.24) is 14.9 Å². The number of aromatic nitrogens is 2. The normalized spacial score (nSPS) is 16.8. The SMILES string of the molecule is Nc1nc(OCCCN2CCCCC2)nc2c1CCN(c1cc(O)cc3ccccc13)C2. The maximum absolute atomic E-state index is 10.2. The molecule has 0 amide bonds. The van der Waals surface area contributed by atoms with Gasteiger partial charge < -0.3 is 25.4 Å². The fraction of sp³-hybridized carbons (Fsp3) is 0.440. The lowest BCUT2D eigenvalue weighted by atomic mass is 10.0. The summed E-state index contributed by atoms with van der Waals surface area (Å²) in [5, 5.41) is 12.4. The summed E-state index contributed by atoms with van der Waals surface area (Å²) >= 11 is 0. The van der Waals surface area contributed by atoms with Gasteiger partial charge in [-0.3, -0.25) is 0 Å². The molecule has 0 spiro atoms. The van der Waals surface area contributed by atoms with Crippen LogP contribution in [-0.2, 0) is 13.0 Å². The van der Waals surface area contributed by atoms with E-state index in [0.29, 0.717) is 25.0 Å². The number of fused-ring (bicyclic) bond motifs is 2. The first kappa shape index (κ1) is 20.8. The smallest absolute Gasteiger partial charge is 0.318 e. The molecule has 3 heterocycles. The molecule has 0 aliphatic carbocycles. The Morgan fingerprint density at radius 3 is 2.75 bits per heavy atom. The van der Waals surface area contributed by atoms with Gasteiger partial charge >= 0.3 is 6.01 Å². The number of ether oxygens (including phenoxy) is 1. The fourth-order valence-corrected chi connectivity index (χ4v) is 4.88. The molecule has 2 aliphatic heterocycles. The van der Waals surface area contributed by atoms with Crippen molar-refractivity contribution < 1.29 is 9.84 Å². The van der Waals surface area contributed by atoms with Crippen molar-refractivity contribution in [2.45, 2.75) is 38.6 Å². The molecule has 3 aromatic rings. The van der Waals surface area contributed by atoms with E-state index in [2.05, 4.69) is 20.9 Å². The third kappa shape index (κ3) is 4.43. The van der Waals surface area contributed by atoms with Crippen LogP contribution in [0.25, 0.3) is 10.8 Å². The molecule has 1 aromatic heterocycles. The first-order chi connectivity index (χ1) is 15.7. The predicted molar refractivity (Wildman–Crippen MR) is 127 cm³/mol. The minimum absolute atomic E-state index is 0.268. The molecule has 1 saturated heterocycles. The van der Waals surface area contributed by atoms with Crippen LogP contribution >= 0.6 is 0 Å². The Kier molecular flexibility index (Phi) is 5.99. The lowest BCUT2D eigenvalue weighted by Gasteiger charge is -2.31. The van der Waals surface area contributed by atoms with Crippen molar-refractivity contribution in [2.24, 2.45) is 0 Å². The average molecular weight is 434 g/mol. The van der Waals surface area contributed by atoms with Gasteiger partial charge in [-0.15, -0.1) is 0 Å². The first-order valence-electron chi connectivity index (χ1n) is 11.6. The third-order valence-corrected chi connectivity index (χ3v) is 6.54. The molecule has 2 aliphatic rings. The van der Waals surface area contributed by atoms with Gasteiger partial charge in [-0.2, -0.15) is 9.97 Å². The van der Waals surface area contributed by atoms with Crippen LogP contribution in [0.15, 0.2) is 36.4 Å². The van der Waals surface area contributed by atoms with Crippen LogP contribution in [0.1, 0.15) is 36.9 Å². The van der Waals surface area contributed by atoms with E-state index in [4.69, 9.17) is 15.5 Å². The number of benzene rings is 2. The summed E-state index contributed by atoms with van der Waals surface area (Å²) < 4.78 is 5.89. The quantitative estimate of drug-likeness (QED) is 0.573. The first-order valence-corrected chi connectivity index (χ1v) is 11.6. The van der Waals surface area contributed by atoms with Gasteiger partial charge in [0, 0.05) is 35.8 Å². The largest absolute Gasteiger partial charge is 0.508 e. The maximum Gasteiger partial charge on any atom is 0.318 e.